The van der Waals surface area contributed by atoms with Crippen LogP contribution >= 0.6 is 11.3 Å². The quantitative estimate of drug-likeness (QED) is 0.405. The van der Waals surface area contributed by atoms with Crippen molar-refractivity contribution in [1.82, 2.24) is 29.9 Å². The monoisotopic (exact) mass is 489 g/mol. The fraction of sp³-hybridized carbons (Fsp3) is 0.333. The van der Waals surface area contributed by atoms with E-state index in [1.54, 1.807) is 17.1 Å². The van der Waals surface area contributed by atoms with Crippen molar-refractivity contribution in [2.75, 3.05) is 28.6 Å². The molecule has 35 heavy (non-hydrogen) atoms. The minimum absolute atomic E-state index is 0.0302. The summed E-state index contributed by atoms with van der Waals surface area (Å²) in [7, 11) is 0. The highest BCUT2D eigenvalue weighted by Crippen LogP contribution is 2.29. The van der Waals surface area contributed by atoms with Crippen molar-refractivity contribution in [3.63, 3.8) is 0 Å². The Bertz CT molecular complexity index is 1290. The van der Waals surface area contributed by atoms with Crippen LogP contribution in [0.1, 0.15) is 29.8 Å². The molecular formula is C24H27N9OS. The summed E-state index contributed by atoms with van der Waals surface area (Å²) in [6, 6.07) is 9.65. The highest BCUT2D eigenvalue weighted by atomic mass is 32.1. The Morgan fingerprint density at radius 3 is 2.66 bits per heavy atom. The van der Waals surface area contributed by atoms with Gasteiger partial charge in [0.25, 0.3) is 0 Å². The van der Waals surface area contributed by atoms with Crippen LogP contribution < -0.4 is 15.5 Å². The molecule has 180 valence electrons. The largest absolute Gasteiger partial charge is 0.364 e. The van der Waals surface area contributed by atoms with Crippen LogP contribution in [-0.2, 0) is 11.3 Å². The van der Waals surface area contributed by atoms with E-state index < -0.39 is 0 Å². The number of amides is 1. The summed E-state index contributed by atoms with van der Waals surface area (Å²) >= 11 is 1.50. The third kappa shape index (κ3) is 5.29. The molecule has 4 aromatic rings. The Hall–Kier alpha value is -3.86. The average Bonchev–Trinajstić information content (AvgIpc) is 3.55. The summed E-state index contributed by atoms with van der Waals surface area (Å²) in [4.78, 5) is 23.6. The van der Waals surface area contributed by atoms with E-state index >= 15 is 0 Å². The molecule has 1 fully saturated rings. The number of piperidine rings is 1. The van der Waals surface area contributed by atoms with Gasteiger partial charge in [0.05, 0.1) is 23.6 Å². The van der Waals surface area contributed by atoms with E-state index in [1.807, 2.05) is 50.4 Å². The van der Waals surface area contributed by atoms with E-state index in [4.69, 9.17) is 0 Å². The molecule has 0 unspecified atom stereocenters. The number of aromatic nitrogens is 6. The third-order valence-corrected chi connectivity index (χ3v) is 7.03. The number of anilines is 3. The first-order chi connectivity index (χ1) is 17.1. The maximum Gasteiger partial charge on any atom is 0.234 e. The van der Waals surface area contributed by atoms with Gasteiger partial charge >= 0.3 is 0 Å². The van der Waals surface area contributed by atoms with Crippen LogP contribution in [0.2, 0.25) is 0 Å². The number of carbonyl (C=O) groups excluding carboxylic acids is 1. The van der Waals surface area contributed by atoms with Crippen molar-refractivity contribution in [2.45, 2.75) is 33.2 Å². The molecule has 0 bridgehead atoms. The van der Waals surface area contributed by atoms with Crippen LogP contribution in [-0.4, -0.2) is 48.9 Å². The predicted molar refractivity (Wildman–Crippen MR) is 136 cm³/mol. The zero-order chi connectivity index (χ0) is 24.2. The first kappa shape index (κ1) is 22.9. The van der Waals surface area contributed by atoms with E-state index in [2.05, 4.69) is 40.8 Å². The lowest BCUT2D eigenvalue weighted by Gasteiger charge is -2.30. The topological polar surface area (TPSA) is 114 Å². The predicted octanol–water partition coefficient (Wildman–Crippen LogP) is 3.60. The fourth-order valence-electron chi connectivity index (χ4n) is 4.00. The Labute approximate surface area is 207 Å². The zero-order valence-corrected chi connectivity index (χ0v) is 20.5. The molecule has 1 aliphatic heterocycles. The molecule has 1 saturated heterocycles. The first-order valence-electron chi connectivity index (χ1n) is 11.6. The number of aryl methyl sites for hydroxylation is 2. The molecule has 0 aromatic carbocycles. The molecule has 0 atom stereocenters. The molecule has 1 aliphatic rings. The highest BCUT2D eigenvalue weighted by Gasteiger charge is 2.27. The van der Waals surface area contributed by atoms with Crippen LogP contribution in [0.15, 0.2) is 48.9 Å². The lowest BCUT2D eigenvalue weighted by Crippen LogP contribution is -2.38. The second kappa shape index (κ2) is 10.2. The summed E-state index contributed by atoms with van der Waals surface area (Å²) in [5.74, 6) is 0.833. The Balaban J connectivity index is 1.18. The summed E-state index contributed by atoms with van der Waals surface area (Å²) in [5, 5.41) is 21.1. The fourth-order valence-corrected chi connectivity index (χ4v) is 4.88. The van der Waals surface area contributed by atoms with Crippen molar-refractivity contribution in [3.8, 4) is 5.13 Å². The SMILES string of the molecule is Cc1ccc(NCc2ccnn2-c2nnc(N3CCC(C(=O)Nc4cccnc4C)CC3)s2)nc1. The molecule has 0 saturated carbocycles. The van der Waals surface area contributed by atoms with Crippen LogP contribution in [0.4, 0.5) is 16.6 Å². The molecule has 5 rings (SSSR count). The van der Waals surface area contributed by atoms with Gasteiger partial charge < -0.3 is 15.5 Å². The van der Waals surface area contributed by atoms with Gasteiger partial charge in [-0.2, -0.15) is 5.10 Å². The molecule has 2 N–H and O–H groups in total. The second-order valence-electron chi connectivity index (χ2n) is 8.56. The number of carbonyl (C=O) groups is 1. The van der Waals surface area contributed by atoms with E-state index in [0.29, 0.717) is 11.7 Å². The first-order valence-corrected chi connectivity index (χ1v) is 12.4. The van der Waals surface area contributed by atoms with Crippen molar-refractivity contribution in [1.29, 1.82) is 0 Å². The molecule has 11 heteroatoms. The normalized spacial score (nSPS) is 14.2. The van der Waals surface area contributed by atoms with Crippen LogP contribution in [0.3, 0.4) is 0 Å². The van der Waals surface area contributed by atoms with Crippen molar-refractivity contribution in [2.24, 2.45) is 5.92 Å². The molecule has 1 amide bonds. The van der Waals surface area contributed by atoms with Gasteiger partial charge in [-0.25, -0.2) is 9.67 Å². The van der Waals surface area contributed by atoms with Crippen molar-refractivity contribution in [3.05, 3.63) is 65.9 Å². The molecule has 0 radical (unpaired) electrons. The smallest absolute Gasteiger partial charge is 0.234 e. The number of hydrogen-bond acceptors (Lipinski definition) is 9. The lowest BCUT2D eigenvalue weighted by atomic mass is 9.96. The van der Waals surface area contributed by atoms with Crippen molar-refractivity contribution < 1.29 is 4.79 Å². The summed E-state index contributed by atoms with van der Waals surface area (Å²) in [6.07, 6.45) is 6.85. The van der Waals surface area contributed by atoms with Crippen molar-refractivity contribution >= 4 is 33.9 Å². The third-order valence-electron chi connectivity index (χ3n) is 6.07. The number of rotatable bonds is 7. The zero-order valence-electron chi connectivity index (χ0n) is 19.7. The number of nitrogens with one attached hydrogen (secondary N) is 2. The minimum atomic E-state index is -0.0302. The Kier molecular flexibility index (Phi) is 6.66. The van der Waals surface area contributed by atoms with E-state index in [1.165, 1.54) is 11.3 Å². The van der Waals surface area contributed by atoms with Gasteiger partial charge in [0.2, 0.25) is 16.2 Å². The maximum atomic E-state index is 12.7. The summed E-state index contributed by atoms with van der Waals surface area (Å²) < 4.78 is 1.80. The Morgan fingerprint density at radius 2 is 1.89 bits per heavy atom. The van der Waals surface area contributed by atoms with Crippen LogP contribution in [0.25, 0.3) is 5.13 Å². The van der Waals surface area contributed by atoms with Gasteiger partial charge in [0, 0.05) is 37.6 Å². The lowest BCUT2D eigenvalue weighted by molar-refractivity contribution is -0.120. The summed E-state index contributed by atoms with van der Waals surface area (Å²) in [5.41, 5.74) is 3.69. The molecule has 0 spiro atoms. The van der Waals surface area contributed by atoms with Crippen LogP contribution in [0.5, 0.6) is 0 Å². The maximum absolute atomic E-state index is 12.7. The van der Waals surface area contributed by atoms with Gasteiger partial charge in [0.15, 0.2) is 0 Å². The van der Waals surface area contributed by atoms with Gasteiger partial charge in [-0.15, -0.1) is 10.2 Å². The molecule has 5 heterocycles. The summed E-state index contributed by atoms with van der Waals surface area (Å²) in [6.45, 7) is 5.99. The molecule has 4 aromatic heterocycles. The van der Waals surface area contributed by atoms with E-state index in [9.17, 15) is 4.79 Å². The second-order valence-corrected chi connectivity index (χ2v) is 9.50. The number of nitrogens with zero attached hydrogens (tertiary/aromatic N) is 7. The molecule has 0 aliphatic carbocycles. The molecular weight excluding hydrogens is 462 g/mol. The highest BCUT2D eigenvalue weighted by molar-refractivity contribution is 7.17. The minimum Gasteiger partial charge on any atom is -0.364 e. The average molecular weight is 490 g/mol. The standard InChI is InChI=1S/C24H27N9OS/c1-16-5-6-21(26-14-16)27-15-19-7-11-28-33(19)24-31-30-23(35-24)32-12-8-18(9-13-32)22(34)29-20-4-3-10-25-17(20)2/h3-7,10-11,14,18H,8-9,12-13,15H2,1-2H3,(H,26,27)(H,29,34). The van der Waals surface area contributed by atoms with Gasteiger partial charge in [0.1, 0.15) is 5.82 Å². The van der Waals surface area contributed by atoms with E-state index in [-0.39, 0.29) is 11.8 Å². The number of pyridine rings is 2. The Morgan fingerprint density at radius 1 is 1.06 bits per heavy atom. The number of hydrogen-bond donors (Lipinski definition) is 2. The van der Waals surface area contributed by atoms with Crippen LogP contribution in [0, 0.1) is 19.8 Å². The van der Waals surface area contributed by atoms with Gasteiger partial charge in [-0.05, 0) is 56.5 Å². The van der Waals surface area contributed by atoms with Gasteiger partial charge in [-0.1, -0.05) is 17.4 Å². The van der Waals surface area contributed by atoms with E-state index in [0.717, 1.165) is 59.5 Å². The molecule has 10 nitrogen and oxygen atoms in total. The van der Waals surface area contributed by atoms with Gasteiger partial charge in [-0.3, -0.25) is 9.78 Å².